The number of hydrogen-bond acceptors (Lipinski definition) is 4. The highest BCUT2D eigenvalue weighted by molar-refractivity contribution is 7.89. The predicted molar refractivity (Wildman–Crippen MR) is 77.3 cm³/mol. The fraction of sp³-hybridized carbons (Fsp3) is 0.308. The molecule has 7 heteroatoms. The van der Waals surface area contributed by atoms with Crippen LogP contribution in [-0.4, -0.2) is 31.3 Å². The summed E-state index contributed by atoms with van der Waals surface area (Å²) in [5, 5.41) is 9.38. The maximum absolute atomic E-state index is 12.5. The van der Waals surface area contributed by atoms with E-state index in [4.69, 9.17) is 11.0 Å². The van der Waals surface area contributed by atoms with E-state index in [0.29, 0.717) is 16.6 Å². The summed E-state index contributed by atoms with van der Waals surface area (Å²) in [6, 6.07) is 7.05. The Balaban J connectivity index is 2.45. The Morgan fingerprint density at radius 1 is 1.50 bits per heavy atom. The molecule has 20 heavy (non-hydrogen) atoms. The lowest BCUT2D eigenvalue weighted by Gasteiger charge is -2.17. The van der Waals surface area contributed by atoms with Crippen LogP contribution in [0, 0.1) is 17.2 Å². The van der Waals surface area contributed by atoms with E-state index in [9.17, 15) is 8.42 Å². The lowest BCUT2D eigenvalue weighted by atomic mass is 10.2. The normalized spacial score (nSPS) is 13.5. The number of fused-ring (bicyclic) bond motifs is 1. The molecule has 0 saturated heterocycles. The molecule has 6 nitrogen and oxygen atoms in total. The number of nitrogen functional groups attached to an aromatic ring is 1. The number of nitrogens with zero attached hydrogens (tertiary/aromatic N) is 2. The maximum atomic E-state index is 12.5. The second kappa shape index (κ2) is 5.15. The molecule has 2 rings (SSSR count). The quantitative estimate of drug-likeness (QED) is 0.834. The molecule has 106 valence electrons. The number of rotatable bonds is 4. The third-order valence-electron chi connectivity index (χ3n) is 3.11. The Labute approximate surface area is 117 Å². The standard InChI is InChI=1S/C13H16N4O2S/c1-9(6-14)8-17(2)20(18,19)13-7-16-12-5-10(15)3-4-11(12)13/h3-5,7,9,16H,8,15H2,1-2H3. The smallest absolute Gasteiger partial charge is 0.244 e. The second-order valence-corrected chi connectivity index (χ2v) is 6.79. The summed E-state index contributed by atoms with van der Waals surface area (Å²) in [6.45, 7) is 1.84. The highest BCUT2D eigenvalue weighted by atomic mass is 32.2. The zero-order valence-electron chi connectivity index (χ0n) is 11.3. The number of aromatic nitrogens is 1. The van der Waals surface area contributed by atoms with Gasteiger partial charge in [0.15, 0.2) is 0 Å². The van der Waals surface area contributed by atoms with Gasteiger partial charge in [0.2, 0.25) is 10.0 Å². The van der Waals surface area contributed by atoms with Gasteiger partial charge in [0.1, 0.15) is 4.90 Å². The molecule has 1 unspecified atom stereocenters. The Hall–Kier alpha value is -2.04. The van der Waals surface area contributed by atoms with Crippen molar-refractivity contribution in [3.8, 4) is 6.07 Å². The van der Waals surface area contributed by atoms with Crippen LogP contribution in [0.15, 0.2) is 29.3 Å². The van der Waals surface area contributed by atoms with Crippen molar-refractivity contribution >= 4 is 26.6 Å². The number of anilines is 1. The molecule has 1 atom stereocenters. The van der Waals surface area contributed by atoms with Crippen LogP contribution in [0.4, 0.5) is 5.69 Å². The molecular weight excluding hydrogens is 276 g/mol. The van der Waals surface area contributed by atoms with E-state index in [1.54, 1.807) is 25.1 Å². The Morgan fingerprint density at radius 3 is 2.85 bits per heavy atom. The summed E-state index contributed by atoms with van der Waals surface area (Å²) < 4.78 is 26.2. The van der Waals surface area contributed by atoms with E-state index in [2.05, 4.69) is 4.98 Å². The van der Waals surface area contributed by atoms with Crippen LogP contribution in [0.25, 0.3) is 10.9 Å². The highest BCUT2D eigenvalue weighted by Crippen LogP contribution is 2.26. The van der Waals surface area contributed by atoms with Crippen molar-refractivity contribution in [1.82, 2.24) is 9.29 Å². The van der Waals surface area contributed by atoms with Crippen molar-refractivity contribution in [2.24, 2.45) is 5.92 Å². The van der Waals surface area contributed by atoms with Crippen molar-refractivity contribution in [3.05, 3.63) is 24.4 Å². The number of nitrogens with two attached hydrogens (primary N) is 1. The molecule has 3 N–H and O–H groups in total. The summed E-state index contributed by atoms with van der Waals surface area (Å²) in [7, 11) is -2.16. The van der Waals surface area contributed by atoms with Gasteiger partial charge in [0.05, 0.1) is 12.0 Å². The van der Waals surface area contributed by atoms with E-state index >= 15 is 0 Å². The summed E-state index contributed by atoms with van der Waals surface area (Å²) in [5.74, 6) is -0.365. The first kappa shape index (κ1) is 14.4. The first-order valence-electron chi connectivity index (χ1n) is 6.09. The molecule has 1 aromatic heterocycles. The molecule has 0 bridgehead atoms. The van der Waals surface area contributed by atoms with Gasteiger partial charge >= 0.3 is 0 Å². The van der Waals surface area contributed by atoms with Crippen LogP contribution < -0.4 is 5.73 Å². The van der Waals surface area contributed by atoms with Gasteiger partial charge < -0.3 is 10.7 Å². The molecule has 2 aromatic rings. The van der Waals surface area contributed by atoms with Crippen LogP contribution >= 0.6 is 0 Å². The average molecular weight is 292 g/mol. The monoisotopic (exact) mass is 292 g/mol. The molecular formula is C13H16N4O2S. The van der Waals surface area contributed by atoms with Crippen LogP contribution in [0.3, 0.4) is 0 Å². The Kier molecular flexibility index (Phi) is 3.70. The largest absolute Gasteiger partial charge is 0.399 e. The van der Waals surface area contributed by atoms with E-state index in [-0.39, 0.29) is 17.4 Å². The van der Waals surface area contributed by atoms with Gasteiger partial charge in [-0.05, 0) is 25.1 Å². The van der Waals surface area contributed by atoms with Gasteiger partial charge in [-0.25, -0.2) is 8.42 Å². The summed E-state index contributed by atoms with van der Waals surface area (Å²) >= 11 is 0. The van der Waals surface area contributed by atoms with E-state index in [1.165, 1.54) is 17.5 Å². The van der Waals surface area contributed by atoms with Gasteiger partial charge in [-0.3, -0.25) is 0 Å². The zero-order valence-corrected chi connectivity index (χ0v) is 12.1. The first-order valence-corrected chi connectivity index (χ1v) is 7.53. The summed E-state index contributed by atoms with van der Waals surface area (Å²) in [6.07, 6.45) is 1.45. The van der Waals surface area contributed by atoms with Crippen LogP contribution in [-0.2, 0) is 10.0 Å². The Bertz CT molecular complexity index is 773. The maximum Gasteiger partial charge on any atom is 0.244 e. The van der Waals surface area contributed by atoms with E-state index < -0.39 is 10.0 Å². The molecule has 1 aromatic carbocycles. The van der Waals surface area contributed by atoms with Gasteiger partial charge in [-0.1, -0.05) is 0 Å². The molecule has 0 fully saturated rings. The van der Waals surface area contributed by atoms with Gasteiger partial charge in [0.25, 0.3) is 0 Å². The zero-order chi connectivity index (χ0) is 14.9. The van der Waals surface area contributed by atoms with Crippen molar-refractivity contribution in [1.29, 1.82) is 5.26 Å². The molecule has 1 heterocycles. The molecule has 0 aliphatic heterocycles. The first-order chi connectivity index (χ1) is 9.36. The fourth-order valence-electron chi connectivity index (χ4n) is 2.02. The van der Waals surface area contributed by atoms with Crippen molar-refractivity contribution < 1.29 is 8.42 Å². The number of aromatic amines is 1. The molecule has 0 aliphatic carbocycles. The number of nitriles is 1. The molecule has 0 amide bonds. The Morgan fingerprint density at radius 2 is 2.20 bits per heavy atom. The third kappa shape index (κ3) is 2.48. The van der Waals surface area contributed by atoms with Crippen LogP contribution in [0.2, 0.25) is 0 Å². The SMILES string of the molecule is CC(C#N)CN(C)S(=O)(=O)c1c[nH]c2cc(N)ccc12. The van der Waals surface area contributed by atoms with E-state index in [0.717, 1.165) is 0 Å². The van der Waals surface area contributed by atoms with Gasteiger partial charge in [-0.2, -0.15) is 9.57 Å². The minimum atomic E-state index is -3.63. The molecule has 0 saturated carbocycles. The van der Waals surface area contributed by atoms with Gasteiger partial charge in [0, 0.05) is 36.4 Å². The minimum absolute atomic E-state index is 0.153. The van der Waals surface area contributed by atoms with Crippen LogP contribution in [0.5, 0.6) is 0 Å². The minimum Gasteiger partial charge on any atom is -0.399 e. The number of H-pyrrole nitrogens is 1. The van der Waals surface area contributed by atoms with Crippen molar-refractivity contribution in [2.45, 2.75) is 11.8 Å². The number of sulfonamides is 1. The van der Waals surface area contributed by atoms with Crippen molar-refractivity contribution in [2.75, 3.05) is 19.3 Å². The lowest BCUT2D eigenvalue weighted by molar-refractivity contribution is 0.439. The lowest BCUT2D eigenvalue weighted by Crippen LogP contribution is -2.30. The third-order valence-corrected chi connectivity index (χ3v) is 4.97. The van der Waals surface area contributed by atoms with Crippen molar-refractivity contribution in [3.63, 3.8) is 0 Å². The van der Waals surface area contributed by atoms with Crippen LogP contribution in [0.1, 0.15) is 6.92 Å². The molecule has 0 radical (unpaired) electrons. The molecule has 0 aliphatic rings. The average Bonchev–Trinajstić information content (AvgIpc) is 2.81. The number of hydrogen-bond donors (Lipinski definition) is 2. The summed E-state index contributed by atoms with van der Waals surface area (Å²) in [5.41, 5.74) is 6.91. The highest BCUT2D eigenvalue weighted by Gasteiger charge is 2.25. The number of nitrogens with one attached hydrogen (secondary N) is 1. The topological polar surface area (TPSA) is 103 Å². The second-order valence-electron chi connectivity index (χ2n) is 4.77. The molecule has 0 spiro atoms. The summed E-state index contributed by atoms with van der Waals surface area (Å²) in [4.78, 5) is 3.10. The predicted octanol–water partition coefficient (Wildman–Crippen LogP) is 1.53. The fourth-order valence-corrected chi connectivity index (χ4v) is 3.44. The number of benzene rings is 1. The van der Waals surface area contributed by atoms with E-state index in [1.807, 2.05) is 6.07 Å². The van der Waals surface area contributed by atoms with Gasteiger partial charge in [-0.15, -0.1) is 0 Å².